The third kappa shape index (κ3) is 3.82. The maximum atomic E-state index is 13.3. The quantitative estimate of drug-likeness (QED) is 0.806. The summed E-state index contributed by atoms with van der Waals surface area (Å²) in [5, 5.41) is 0.390. The fourth-order valence-corrected chi connectivity index (χ4v) is 1.61. The number of allylic oxidation sites excluding steroid dienone is 1. The molecule has 2 N–H and O–H groups in total. The van der Waals surface area contributed by atoms with Crippen LogP contribution >= 0.6 is 24.0 Å². The Bertz CT molecular complexity index is 308. The first-order valence-corrected chi connectivity index (χ1v) is 4.85. The molecular formula is C11H14Cl2FN. The molecule has 1 atom stereocenters. The summed E-state index contributed by atoms with van der Waals surface area (Å²) in [7, 11) is 0. The lowest BCUT2D eigenvalue weighted by Gasteiger charge is -2.13. The molecule has 0 unspecified atom stereocenters. The van der Waals surface area contributed by atoms with Crippen LogP contribution in [0.1, 0.15) is 24.4 Å². The van der Waals surface area contributed by atoms with Gasteiger partial charge in [-0.05, 0) is 25.0 Å². The van der Waals surface area contributed by atoms with Crippen molar-refractivity contribution in [1.82, 2.24) is 0 Å². The number of halogens is 3. The molecule has 0 saturated carbocycles. The molecule has 0 aliphatic heterocycles. The fraction of sp³-hybridized carbons (Fsp3) is 0.273. The third-order valence-corrected chi connectivity index (χ3v) is 2.38. The highest BCUT2D eigenvalue weighted by atomic mass is 35.5. The van der Waals surface area contributed by atoms with E-state index in [4.69, 9.17) is 17.3 Å². The first kappa shape index (κ1) is 14.4. The second-order valence-electron chi connectivity index (χ2n) is 3.11. The maximum Gasteiger partial charge on any atom is 0.129 e. The lowest BCUT2D eigenvalue weighted by molar-refractivity contribution is 0.567. The Morgan fingerprint density at radius 2 is 2.20 bits per heavy atom. The van der Waals surface area contributed by atoms with Gasteiger partial charge in [-0.2, -0.15) is 0 Å². The molecule has 0 bridgehead atoms. The molecule has 0 spiro atoms. The number of rotatable bonds is 4. The Kier molecular flexibility index (Phi) is 6.57. The van der Waals surface area contributed by atoms with Crippen molar-refractivity contribution < 1.29 is 4.39 Å². The van der Waals surface area contributed by atoms with Gasteiger partial charge >= 0.3 is 0 Å². The summed E-state index contributed by atoms with van der Waals surface area (Å²) in [4.78, 5) is 0. The minimum absolute atomic E-state index is 0. The lowest BCUT2D eigenvalue weighted by Crippen LogP contribution is -2.12. The summed E-state index contributed by atoms with van der Waals surface area (Å²) in [6.07, 6.45) is 3.17. The second-order valence-corrected chi connectivity index (χ2v) is 3.52. The van der Waals surface area contributed by atoms with Gasteiger partial charge in [-0.3, -0.25) is 0 Å². The highest BCUT2D eigenvalue weighted by molar-refractivity contribution is 6.31. The van der Waals surface area contributed by atoms with Crippen molar-refractivity contribution in [2.24, 2.45) is 5.73 Å². The van der Waals surface area contributed by atoms with Crippen molar-refractivity contribution in [2.75, 3.05) is 0 Å². The van der Waals surface area contributed by atoms with Crippen LogP contribution in [0, 0.1) is 5.82 Å². The average Bonchev–Trinajstić information content (AvgIpc) is 2.14. The Hall–Kier alpha value is -0.570. The van der Waals surface area contributed by atoms with Crippen LogP contribution in [0.4, 0.5) is 4.39 Å². The predicted octanol–water partition coefficient (Wildman–Crippen LogP) is 3.87. The molecule has 0 fully saturated rings. The van der Waals surface area contributed by atoms with Crippen LogP contribution in [0.25, 0.3) is 0 Å². The smallest absolute Gasteiger partial charge is 0.129 e. The minimum Gasteiger partial charge on any atom is -0.324 e. The van der Waals surface area contributed by atoms with E-state index >= 15 is 0 Å². The topological polar surface area (TPSA) is 26.0 Å². The monoisotopic (exact) mass is 249 g/mol. The molecule has 4 heteroatoms. The SMILES string of the molecule is C=CCC[C@@H](N)c1c(F)cccc1Cl.Cl. The second kappa shape index (κ2) is 6.83. The largest absolute Gasteiger partial charge is 0.324 e. The van der Waals surface area contributed by atoms with Crippen LogP contribution in [0.3, 0.4) is 0 Å². The van der Waals surface area contributed by atoms with Gasteiger partial charge in [0.15, 0.2) is 0 Å². The molecule has 1 aromatic carbocycles. The Morgan fingerprint density at radius 1 is 1.53 bits per heavy atom. The van der Waals surface area contributed by atoms with E-state index in [0.29, 0.717) is 17.0 Å². The number of hydrogen-bond donors (Lipinski definition) is 1. The van der Waals surface area contributed by atoms with Gasteiger partial charge in [-0.1, -0.05) is 23.7 Å². The van der Waals surface area contributed by atoms with E-state index in [1.165, 1.54) is 6.07 Å². The van der Waals surface area contributed by atoms with Gasteiger partial charge in [0.05, 0.1) is 0 Å². The van der Waals surface area contributed by atoms with E-state index < -0.39 is 0 Å². The molecule has 0 aromatic heterocycles. The van der Waals surface area contributed by atoms with Crippen molar-refractivity contribution in [3.63, 3.8) is 0 Å². The van der Waals surface area contributed by atoms with Gasteiger partial charge in [0.2, 0.25) is 0 Å². The van der Waals surface area contributed by atoms with Crippen molar-refractivity contribution in [2.45, 2.75) is 18.9 Å². The molecule has 0 amide bonds. The van der Waals surface area contributed by atoms with Crippen LogP contribution in [0.5, 0.6) is 0 Å². The van der Waals surface area contributed by atoms with Gasteiger partial charge in [-0.15, -0.1) is 19.0 Å². The molecule has 84 valence electrons. The van der Waals surface area contributed by atoms with Crippen molar-refractivity contribution in [3.05, 3.63) is 47.3 Å². The molecular weight excluding hydrogens is 236 g/mol. The van der Waals surface area contributed by atoms with E-state index in [0.717, 1.165) is 6.42 Å². The van der Waals surface area contributed by atoms with E-state index in [1.54, 1.807) is 18.2 Å². The van der Waals surface area contributed by atoms with E-state index in [2.05, 4.69) is 6.58 Å². The van der Waals surface area contributed by atoms with Crippen molar-refractivity contribution in [3.8, 4) is 0 Å². The number of hydrogen-bond acceptors (Lipinski definition) is 1. The minimum atomic E-state index is -0.360. The highest BCUT2D eigenvalue weighted by Gasteiger charge is 2.13. The lowest BCUT2D eigenvalue weighted by atomic mass is 10.0. The fourth-order valence-electron chi connectivity index (χ4n) is 1.31. The molecule has 15 heavy (non-hydrogen) atoms. The molecule has 0 aliphatic rings. The normalized spacial score (nSPS) is 11.7. The molecule has 0 heterocycles. The standard InChI is InChI=1S/C11H13ClFN.ClH/c1-2-3-7-10(14)11-8(12)5-4-6-9(11)13;/h2,4-6,10H,1,3,7,14H2;1H/t10-;/m1./s1. The van der Waals surface area contributed by atoms with Crippen molar-refractivity contribution in [1.29, 1.82) is 0 Å². The van der Waals surface area contributed by atoms with Crippen molar-refractivity contribution >= 4 is 24.0 Å². The Balaban J connectivity index is 0.00000196. The van der Waals surface area contributed by atoms with Crippen LogP contribution in [-0.4, -0.2) is 0 Å². The summed E-state index contributed by atoms with van der Waals surface area (Å²) in [6.45, 7) is 3.59. The first-order chi connectivity index (χ1) is 6.66. The molecule has 1 nitrogen and oxygen atoms in total. The van der Waals surface area contributed by atoms with Crippen LogP contribution in [0.2, 0.25) is 5.02 Å². The van der Waals surface area contributed by atoms with Crippen LogP contribution in [-0.2, 0) is 0 Å². The summed E-state index contributed by atoms with van der Waals surface area (Å²) in [5.74, 6) is -0.339. The van der Waals surface area contributed by atoms with E-state index in [-0.39, 0.29) is 24.3 Å². The van der Waals surface area contributed by atoms with Gasteiger partial charge < -0.3 is 5.73 Å². The average molecular weight is 250 g/mol. The van der Waals surface area contributed by atoms with Crippen LogP contribution in [0.15, 0.2) is 30.9 Å². The summed E-state index contributed by atoms with van der Waals surface area (Å²) in [6, 6.07) is 4.23. The Morgan fingerprint density at radius 3 is 2.73 bits per heavy atom. The van der Waals surface area contributed by atoms with Gasteiger partial charge in [0, 0.05) is 16.6 Å². The summed E-state index contributed by atoms with van der Waals surface area (Å²) in [5.41, 5.74) is 6.21. The van der Waals surface area contributed by atoms with E-state index in [9.17, 15) is 4.39 Å². The third-order valence-electron chi connectivity index (χ3n) is 2.05. The molecule has 0 radical (unpaired) electrons. The first-order valence-electron chi connectivity index (χ1n) is 4.47. The summed E-state index contributed by atoms with van der Waals surface area (Å²) < 4.78 is 13.3. The predicted molar refractivity (Wildman–Crippen MR) is 65.0 cm³/mol. The van der Waals surface area contributed by atoms with Gasteiger partial charge in [0.1, 0.15) is 5.82 Å². The molecule has 1 aromatic rings. The zero-order valence-corrected chi connectivity index (χ0v) is 9.82. The molecule has 1 rings (SSSR count). The maximum absolute atomic E-state index is 13.3. The number of nitrogens with two attached hydrogens (primary N) is 1. The Labute approximate surface area is 101 Å². The van der Waals surface area contributed by atoms with E-state index in [1.807, 2.05) is 0 Å². The number of benzene rings is 1. The molecule has 0 aliphatic carbocycles. The highest BCUT2D eigenvalue weighted by Crippen LogP contribution is 2.26. The zero-order valence-electron chi connectivity index (χ0n) is 8.25. The zero-order chi connectivity index (χ0) is 10.6. The summed E-state index contributed by atoms with van der Waals surface area (Å²) >= 11 is 5.86. The van der Waals surface area contributed by atoms with Gasteiger partial charge in [-0.25, -0.2) is 4.39 Å². The van der Waals surface area contributed by atoms with Gasteiger partial charge in [0.25, 0.3) is 0 Å². The molecule has 0 saturated heterocycles. The van der Waals surface area contributed by atoms with Crippen LogP contribution < -0.4 is 5.73 Å².